The van der Waals surface area contributed by atoms with Gasteiger partial charge in [0.15, 0.2) is 0 Å². The number of benzene rings is 1. The van der Waals surface area contributed by atoms with Crippen molar-refractivity contribution in [2.45, 2.75) is 18.9 Å². The lowest BCUT2D eigenvalue weighted by molar-refractivity contribution is -0.521. The van der Waals surface area contributed by atoms with Gasteiger partial charge in [-0.15, -0.1) is 0 Å². The maximum absolute atomic E-state index is 11.1. The molecule has 0 N–H and O–H groups in total. The van der Waals surface area contributed by atoms with Gasteiger partial charge >= 0.3 is 0 Å². The molecule has 0 aliphatic carbocycles. The molecule has 0 radical (unpaired) electrons. The van der Waals surface area contributed by atoms with E-state index in [9.17, 15) is 10.1 Å². The minimum Gasteiger partial charge on any atom is -0.296 e. The quantitative estimate of drug-likeness (QED) is 0.636. The van der Waals surface area contributed by atoms with E-state index in [1.165, 1.54) is 0 Å². The molecule has 0 saturated carbocycles. The molecule has 0 bridgehead atoms. The van der Waals surface area contributed by atoms with Crippen molar-refractivity contribution in [1.29, 1.82) is 0 Å². The standard InChI is InChI=1S/C12H15BrN2O2/c1-2-14-7-11(12(8-14)15(16)17)9-3-5-10(13)6-4-9/h3-6,11-12H,2,7-8H2,1H3/t11-,12+/m1/s1. The molecule has 0 aromatic heterocycles. The van der Waals surface area contributed by atoms with Gasteiger partial charge in [-0.05, 0) is 24.2 Å². The van der Waals surface area contributed by atoms with E-state index in [0.29, 0.717) is 6.54 Å². The smallest absolute Gasteiger partial charge is 0.233 e. The third kappa shape index (κ3) is 2.66. The molecule has 1 aliphatic heterocycles. The van der Waals surface area contributed by atoms with Crippen LogP contribution in [0, 0.1) is 10.1 Å². The van der Waals surface area contributed by atoms with Crippen LogP contribution in [-0.4, -0.2) is 35.5 Å². The summed E-state index contributed by atoms with van der Waals surface area (Å²) in [6, 6.07) is 7.37. The van der Waals surface area contributed by atoms with Gasteiger partial charge in [-0.3, -0.25) is 15.0 Å². The molecule has 2 atom stereocenters. The van der Waals surface area contributed by atoms with Crippen molar-refractivity contribution in [2.24, 2.45) is 0 Å². The fourth-order valence-electron chi connectivity index (χ4n) is 2.38. The molecule has 17 heavy (non-hydrogen) atoms. The Kier molecular flexibility index (Phi) is 3.79. The predicted octanol–water partition coefficient (Wildman–Crippen LogP) is 2.51. The van der Waals surface area contributed by atoms with Gasteiger partial charge in [0.2, 0.25) is 6.04 Å². The Hall–Kier alpha value is -0.940. The molecular formula is C12H15BrN2O2. The van der Waals surface area contributed by atoms with Gasteiger partial charge in [0.25, 0.3) is 0 Å². The molecule has 0 unspecified atom stereocenters. The van der Waals surface area contributed by atoms with E-state index in [4.69, 9.17) is 0 Å². The molecule has 92 valence electrons. The van der Waals surface area contributed by atoms with Crippen LogP contribution in [0.1, 0.15) is 18.4 Å². The van der Waals surface area contributed by atoms with Crippen molar-refractivity contribution in [3.63, 3.8) is 0 Å². The summed E-state index contributed by atoms with van der Waals surface area (Å²) in [4.78, 5) is 13.1. The second kappa shape index (κ2) is 5.14. The Morgan fingerprint density at radius 3 is 2.59 bits per heavy atom. The first-order valence-corrected chi connectivity index (χ1v) is 6.52. The van der Waals surface area contributed by atoms with E-state index in [1.807, 2.05) is 31.2 Å². The second-order valence-corrected chi connectivity index (χ2v) is 5.28. The first-order valence-electron chi connectivity index (χ1n) is 5.73. The average Bonchev–Trinajstić information content (AvgIpc) is 2.74. The third-order valence-electron chi connectivity index (χ3n) is 3.38. The number of rotatable bonds is 3. The highest BCUT2D eigenvalue weighted by Crippen LogP contribution is 2.30. The Morgan fingerprint density at radius 2 is 2.06 bits per heavy atom. The zero-order valence-corrected chi connectivity index (χ0v) is 11.3. The molecule has 5 heteroatoms. The maximum atomic E-state index is 11.1. The molecule has 4 nitrogen and oxygen atoms in total. The Balaban J connectivity index is 2.23. The third-order valence-corrected chi connectivity index (χ3v) is 3.91. The van der Waals surface area contributed by atoms with Crippen molar-refractivity contribution in [1.82, 2.24) is 4.90 Å². The van der Waals surface area contributed by atoms with Crippen molar-refractivity contribution in [3.05, 3.63) is 44.4 Å². The number of hydrogen-bond acceptors (Lipinski definition) is 3. The second-order valence-electron chi connectivity index (χ2n) is 4.36. The zero-order chi connectivity index (χ0) is 12.4. The molecule has 0 amide bonds. The van der Waals surface area contributed by atoms with Gasteiger partial charge in [-0.1, -0.05) is 35.0 Å². The van der Waals surface area contributed by atoms with Crippen LogP contribution in [0.3, 0.4) is 0 Å². The van der Waals surface area contributed by atoms with Crippen LogP contribution in [0.4, 0.5) is 0 Å². The molecule has 2 rings (SSSR count). The van der Waals surface area contributed by atoms with Gasteiger partial charge in [0.1, 0.15) is 0 Å². The van der Waals surface area contributed by atoms with Gasteiger partial charge in [-0.25, -0.2) is 0 Å². The molecule has 1 fully saturated rings. The number of nitrogens with zero attached hydrogens (tertiary/aromatic N) is 2. The highest BCUT2D eigenvalue weighted by atomic mass is 79.9. The number of likely N-dealkylation sites (tertiary alicyclic amines) is 1. The van der Waals surface area contributed by atoms with Crippen LogP contribution in [0.2, 0.25) is 0 Å². The van der Waals surface area contributed by atoms with E-state index < -0.39 is 6.04 Å². The summed E-state index contributed by atoms with van der Waals surface area (Å²) in [7, 11) is 0. The largest absolute Gasteiger partial charge is 0.296 e. The normalized spacial score (nSPS) is 25.1. The van der Waals surface area contributed by atoms with Gasteiger partial charge in [0, 0.05) is 15.9 Å². The molecule has 1 aromatic carbocycles. The number of hydrogen-bond donors (Lipinski definition) is 0. The summed E-state index contributed by atoms with van der Waals surface area (Å²) < 4.78 is 1.00. The maximum Gasteiger partial charge on any atom is 0.233 e. The SMILES string of the molecule is CCN1C[C@H](c2ccc(Br)cc2)[C@@H]([N+](=O)[O-])C1. The van der Waals surface area contributed by atoms with Gasteiger partial charge < -0.3 is 0 Å². The van der Waals surface area contributed by atoms with Crippen LogP contribution in [0.25, 0.3) is 0 Å². The zero-order valence-electron chi connectivity index (χ0n) is 9.67. The van der Waals surface area contributed by atoms with Crippen LogP contribution in [0.15, 0.2) is 28.7 Å². The molecule has 1 heterocycles. The number of likely N-dealkylation sites (N-methyl/N-ethyl adjacent to an activating group) is 1. The monoisotopic (exact) mass is 298 g/mol. The van der Waals surface area contributed by atoms with Gasteiger partial charge in [0.05, 0.1) is 12.5 Å². The first kappa shape index (κ1) is 12.5. The lowest BCUT2D eigenvalue weighted by atomic mass is 9.95. The highest BCUT2D eigenvalue weighted by molar-refractivity contribution is 9.10. The summed E-state index contributed by atoms with van der Waals surface area (Å²) >= 11 is 3.38. The van der Waals surface area contributed by atoms with E-state index >= 15 is 0 Å². The van der Waals surface area contributed by atoms with E-state index in [0.717, 1.165) is 23.1 Å². The highest BCUT2D eigenvalue weighted by Gasteiger charge is 2.41. The van der Waals surface area contributed by atoms with Crippen LogP contribution in [0.5, 0.6) is 0 Å². The lowest BCUT2D eigenvalue weighted by Crippen LogP contribution is -2.28. The summed E-state index contributed by atoms with van der Waals surface area (Å²) in [5.74, 6) is 0.0121. The summed E-state index contributed by atoms with van der Waals surface area (Å²) in [6.45, 7) is 4.26. The topological polar surface area (TPSA) is 46.4 Å². The fourth-order valence-corrected chi connectivity index (χ4v) is 2.64. The first-order chi connectivity index (χ1) is 8.11. The van der Waals surface area contributed by atoms with E-state index in [-0.39, 0.29) is 10.8 Å². The summed E-state index contributed by atoms with van der Waals surface area (Å²) in [5.41, 5.74) is 1.06. The van der Waals surface area contributed by atoms with Crippen LogP contribution < -0.4 is 0 Å². The molecule has 1 aromatic rings. The average molecular weight is 299 g/mol. The lowest BCUT2D eigenvalue weighted by Gasteiger charge is -2.13. The van der Waals surface area contributed by atoms with Crippen molar-refractivity contribution in [3.8, 4) is 0 Å². The minimum absolute atomic E-state index is 0.0121. The molecule has 1 aliphatic rings. The molecular weight excluding hydrogens is 284 g/mol. The minimum atomic E-state index is -0.476. The van der Waals surface area contributed by atoms with Crippen molar-refractivity contribution in [2.75, 3.05) is 19.6 Å². The molecule has 1 saturated heterocycles. The molecule has 0 spiro atoms. The van der Waals surface area contributed by atoms with E-state index in [1.54, 1.807) is 0 Å². The van der Waals surface area contributed by atoms with Crippen molar-refractivity contribution < 1.29 is 4.92 Å². The van der Waals surface area contributed by atoms with E-state index in [2.05, 4.69) is 20.8 Å². The van der Waals surface area contributed by atoms with Crippen molar-refractivity contribution >= 4 is 15.9 Å². The fraction of sp³-hybridized carbons (Fsp3) is 0.500. The van der Waals surface area contributed by atoms with Crippen LogP contribution in [-0.2, 0) is 0 Å². The van der Waals surface area contributed by atoms with Crippen LogP contribution >= 0.6 is 15.9 Å². The number of halogens is 1. The Morgan fingerprint density at radius 1 is 1.41 bits per heavy atom. The number of nitro groups is 1. The summed E-state index contributed by atoms with van der Waals surface area (Å²) in [6.07, 6.45) is 0. The Labute approximate surface area is 109 Å². The van der Waals surface area contributed by atoms with Gasteiger partial charge in [-0.2, -0.15) is 0 Å². The predicted molar refractivity (Wildman–Crippen MR) is 69.8 cm³/mol. The summed E-state index contributed by atoms with van der Waals surface area (Å²) in [5, 5.41) is 11.1. The Bertz CT molecular complexity index is 407.